The first-order valence-electron chi connectivity index (χ1n) is 7.68. The molecule has 0 saturated carbocycles. The van der Waals surface area contributed by atoms with Crippen molar-refractivity contribution in [3.8, 4) is 22.6 Å². The minimum absolute atomic E-state index is 0.0425. The molecular weight excluding hydrogens is 278 g/mol. The lowest BCUT2D eigenvalue weighted by atomic mass is 10.1. The van der Waals surface area contributed by atoms with E-state index in [0.717, 1.165) is 30.6 Å². The van der Waals surface area contributed by atoms with E-state index in [1.165, 1.54) is 12.8 Å². The Morgan fingerprint density at radius 2 is 2.00 bits per heavy atom. The molecule has 1 aliphatic carbocycles. The zero-order valence-corrected chi connectivity index (χ0v) is 12.6. The fourth-order valence-electron chi connectivity index (χ4n) is 2.75. The Balaban J connectivity index is 2.05. The molecule has 1 aliphatic heterocycles. The van der Waals surface area contributed by atoms with Gasteiger partial charge in [0.05, 0.1) is 11.3 Å². The first-order valence-corrected chi connectivity index (χ1v) is 7.68. The van der Waals surface area contributed by atoms with Gasteiger partial charge in [-0.15, -0.1) is 10.2 Å². The third-order valence-corrected chi connectivity index (χ3v) is 3.84. The monoisotopic (exact) mass is 297 g/mol. The summed E-state index contributed by atoms with van der Waals surface area (Å²) in [6.07, 6.45) is 4.50. The van der Waals surface area contributed by atoms with Gasteiger partial charge in [-0.3, -0.25) is 4.79 Å². The normalized spacial score (nSPS) is 11.1. The van der Waals surface area contributed by atoms with E-state index < -0.39 is 0 Å². The summed E-state index contributed by atoms with van der Waals surface area (Å²) in [7, 11) is 0. The van der Waals surface area contributed by atoms with Crippen molar-refractivity contribution in [2.45, 2.75) is 39.2 Å². The Labute approximate surface area is 128 Å². The van der Waals surface area contributed by atoms with Crippen LogP contribution in [0.1, 0.15) is 32.6 Å². The Morgan fingerprint density at radius 3 is 2.77 bits per heavy atom. The van der Waals surface area contributed by atoms with Crippen LogP contribution < -0.4 is 5.56 Å². The number of unbranched alkanes of at least 4 members (excludes halogenated alkanes) is 3. The average Bonchev–Trinajstić information content (AvgIpc) is 3.04. The van der Waals surface area contributed by atoms with E-state index in [1.807, 2.05) is 34.9 Å². The van der Waals surface area contributed by atoms with Gasteiger partial charge < -0.3 is 4.57 Å². The molecule has 1 aromatic rings. The summed E-state index contributed by atoms with van der Waals surface area (Å²) in [5.41, 5.74) is 2.27. The van der Waals surface area contributed by atoms with Crippen molar-refractivity contribution in [1.82, 2.24) is 25.2 Å². The van der Waals surface area contributed by atoms with Crippen molar-refractivity contribution in [2.24, 2.45) is 0 Å². The SMILES string of the molecule is CCCCCCn1c2cccccc-2c(-c2nn[nH]n2)c1=O. The van der Waals surface area contributed by atoms with Crippen LogP contribution in [-0.4, -0.2) is 25.2 Å². The molecule has 6 heteroatoms. The van der Waals surface area contributed by atoms with Gasteiger partial charge in [0.25, 0.3) is 5.56 Å². The molecular formula is C16H19N5O. The highest BCUT2D eigenvalue weighted by Gasteiger charge is 2.23. The zero-order valence-electron chi connectivity index (χ0n) is 12.6. The average molecular weight is 297 g/mol. The summed E-state index contributed by atoms with van der Waals surface area (Å²) in [5, 5.41) is 14.0. The molecule has 0 bridgehead atoms. The molecule has 0 radical (unpaired) electrons. The zero-order chi connectivity index (χ0) is 15.4. The van der Waals surface area contributed by atoms with Gasteiger partial charge in [0, 0.05) is 12.1 Å². The molecule has 0 amide bonds. The second-order valence-electron chi connectivity index (χ2n) is 5.34. The standard InChI is InChI=1S/C16H19N5O/c1-2-3-4-8-11-21-13-10-7-5-6-9-12(13)14(16(21)22)15-17-19-20-18-15/h5-7,9-10H,2-4,8,11H2,1H3,(H,17,18,19,20). The van der Waals surface area contributed by atoms with Crippen LogP contribution in [0.5, 0.6) is 0 Å². The van der Waals surface area contributed by atoms with Crippen LogP contribution in [-0.2, 0) is 6.54 Å². The Hall–Kier alpha value is -2.50. The van der Waals surface area contributed by atoms with Crippen LogP contribution in [0.4, 0.5) is 0 Å². The smallest absolute Gasteiger partial charge is 0.262 e. The molecule has 2 aliphatic rings. The number of fused-ring (bicyclic) bond motifs is 1. The number of nitrogens with one attached hydrogen (secondary N) is 1. The third kappa shape index (κ3) is 2.64. The lowest BCUT2D eigenvalue weighted by molar-refractivity contribution is 0.579. The van der Waals surface area contributed by atoms with Crippen molar-refractivity contribution in [3.05, 3.63) is 40.7 Å². The van der Waals surface area contributed by atoms with E-state index >= 15 is 0 Å². The van der Waals surface area contributed by atoms with E-state index in [-0.39, 0.29) is 5.56 Å². The topological polar surface area (TPSA) is 76.5 Å². The minimum Gasteiger partial charge on any atom is -0.308 e. The van der Waals surface area contributed by atoms with Gasteiger partial charge in [-0.25, -0.2) is 0 Å². The van der Waals surface area contributed by atoms with Gasteiger partial charge in [0.15, 0.2) is 0 Å². The van der Waals surface area contributed by atoms with Gasteiger partial charge >= 0.3 is 0 Å². The molecule has 0 spiro atoms. The number of aromatic amines is 1. The van der Waals surface area contributed by atoms with Gasteiger partial charge in [-0.05, 0) is 17.7 Å². The molecule has 114 valence electrons. The highest BCUT2D eigenvalue weighted by atomic mass is 16.1. The van der Waals surface area contributed by atoms with E-state index in [9.17, 15) is 4.79 Å². The molecule has 2 heterocycles. The summed E-state index contributed by atoms with van der Waals surface area (Å²) >= 11 is 0. The van der Waals surface area contributed by atoms with E-state index in [4.69, 9.17) is 0 Å². The highest BCUT2D eigenvalue weighted by Crippen LogP contribution is 2.29. The molecule has 22 heavy (non-hydrogen) atoms. The molecule has 0 atom stereocenters. The molecule has 0 fully saturated rings. The van der Waals surface area contributed by atoms with Crippen LogP contribution in [0, 0.1) is 0 Å². The lowest BCUT2D eigenvalue weighted by Gasteiger charge is -2.05. The second-order valence-corrected chi connectivity index (χ2v) is 5.34. The van der Waals surface area contributed by atoms with Gasteiger partial charge in [0.1, 0.15) is 0 Å². The number of H-pyrrole nitrogens is 1. The number of tetrazole rings is 1. The maximum atomic E-state index is 12.8. The van der Waals surface area contributed by atoms with Crippen LogP contribution in [0.2, 0.25) is 0 Å². The Kier molecular flexibility index (Phi) is 4.27. The van der Waals surface area contributed by atoms with Gasteiger partial charge in [-0.2, -0.15) is 5.21 Å². The maximum Gasteiger partial charge on any atom is 0.262 e. The first kappa shape index (κ1) is 14.4. The van der Waals surface area contributed by atoms with E-state index in [0.29, 0.717) is 11.4 Å². The van der Waals surface area contributed by atoms with Crippen LogP contribution >= 0.6 is 0 Å². The quantitative estimate of drug-likeness (QED) is 0.710. The number of aromatic nitrogens is 5. The van der Waals surface area contributed by atoms with E-state index in [2.05, 4.69) is 27.5 Å². The molecule has 1 aromatic heterocycles. The minimum atomic E-state index is -0.0425. The van der Waals surface area contributed by atoms with Crippen LogP contribution in [0.15, 0.2) is 35.1 Å². The van der Waals surface area contributed by atoms with Gasteiger partial charge in [0.2, 0.25) is 5.82 Å². The van der Waals surface area contributed by atoms with Crippen molar-refractivity contribution in [3.63, 3.8) is 0 Å². The predicted molar refractivity (Wildman–Crippen MR) is 84.6 cm³/mol. The third-order valence-electron chi connectivity index (χ3n) is 3.84. The number of hydrogen-bond acceptors (Lipinski definition) is 4. The van der Waals surface area contributed by atoms with Crippen LogP contribution in [0.25, 0.3) is 22.6 Å². The molecule has 0 saturated heterocycles. The summed E-state index contributed by atoms with van der Waals surface area (Å²) in [5.74, 6) is 0.355. The van der Waals surface area contributed by atoms with Gasteiger partial charge in [-0.1, -0.05) is 50.5 Å². The van der Waals surface area contributed by atoms with Crippen molar-refractivity contribution in [1.29, 1.82) is 0 Å². The summed E-state index contributed by atoms with van der Waals surface area (Å²) < 4.78 is 1.83. The van der Waals surface area contributed by atoms with E-state index in [1.54, 1.807) is 0 Å². The largest absolute Gasteiger partial charge is 0.308 e. The maximum absolute atomic E-state index is 12.8. The Morgan fingerprint density at radius 1 is 1.14 bits per heavy atom. The fourth-order valence-corrected chi connectivity index (χ4v) is 2.75. The number of hydrogen-bond donors (Lipinski definition) is 1. The van der Waals surface area contributed by atoms with Crippen molar-refractivity contribution >= 4 is 0 Å². The highest BCUT2D eigenvalue weighted by molar-refractivity contribution is 5.80. The molecule has 0 unspecified atom stereocenters. The first-order chi connectivity index (χ1) is 10.8. The summed E-state index contributed by atoms with van der Waals surface area (Å²) in [6, 6.07) is 9.73. The number of rotatable bonds is 6. The molecule has 3 rings (SSSR count). The second kappa shape index (κ2) is 6.51. The van der Waals surface area contributed by atoms with Crippen LogP contribution in [0.3, 0.4) is 0 Å². The Bertz CT molecular complexity index is 763. The van der Waals surface area contributed by atoms with Crippen molar-refractivity contribution in [2.75, 3.05) is 0 Å². The fraction of sp³-hybridized carbons (Fsp3) is 0.375. The summed E-state index contributed by atoms with van der Waals surface area (Å²) in [6.45, 7) is 2.90. The predicted octanol–water partition coefficient (Wildman–Crippen LogP) is 2.71. The molecule has 1 N–H and O–H groups in total. The molecule has 6 nitrogen and oxygen atoms in total. The number of nitrogens with zero attached hydrogens (tertiary/aromatic N) is 4. The summed E-state index contributed by atoms with van der Waals surface area (Å²) in [4.78, 5) is 12.8. The van der Waals surface area contributed by atoms with Crippen molar-refractivity contribution < 1.29 is 0 Å². The lowest BCUT2D eigenvalue weighted by Crippen LogP contribution is -2.16. The molecule has 0 aromatic carbocycles.